The number of phenols is 2. The molecule has 0 aliphatic rings. The number of benzene rings is 3. The molecule has 25 nitrogen and oxygen atoms in total. The second kappa shape index (κ2) is 28.2. The minimum absolute atomic E-state index is 0.0103. The number of hydrogen-bond acceptors (Lipinski definition) is 12. The SMILES string of the molecule is NC(=O)[C@H](Cc1ccc(O)cc1)NC(=O)[C@H](CCCN=C(N)N)NC(=O)[C@H](Cc1c[nH]c2ccccc12)NC(=O)[C@H](CCCN=C(N)N)NC(=O)[C@H](Cc1ccc(O)cc1)NC(=O)[C@@H](N)CCCN=C(N)N. The number of aromatic hydroxyl groups is 2. The molecule has 0 saturated heterocycles. The number of H-pyrrole nitrogens is 1. The van der Waals surface area contributed by atoms with Crippen LogP contribution in [-0.4, -0.2) is 124 Å². The topological polar surface area (TPSA) is 464 Å². The van der Waals surface area contributed by atoms with E-state index < -0.39 is 71.7 Å². The molecule has 0 radical (unpaired) electrons. The summed E-state index contributed by atoms with van der Waals surface area (Å²) in [4.78, 5) is 98.7. The van der Waals surface area contributed by atoms with E-state index in [4.69, 9.17) is 45.9 Å². The van der Waals surface area contributed by atoms with Gasteiger partial charge in [0.15, 0.2) is 17.9 Å². The Kier molecular flexibility index (Phi) is 21.9. The highest BCUT2D eigenvalue weighted by Crippen LogP contribution is 2.20. The summed E-state index contributed by atoms with van der Waals surface area (Å²) >= 11 is 0. The quantitative estimate of drug-likeness (QED) is 0.0147. The van der Waals surface area contributed by atoms with Gasteiger partial charge in [0.1, 0.15) is 41.7 Å². The molecule has 4 aromatic rings. The summed E-state index contributed by atoms with van der Waals surface area (Å²) in [6.07, 6.45) is 2.18. The molecule has 0 aliphatic carbocycles. The lowest BCUT2D eigenvalue weighted by Gasteiger charge is -2.27. The fraction of sp³-hybridized carbons (Fsp3) is 0.383. The molecule has 72 heavy (non-hydrogen) atoms. The number of aromatic amines is 1. The number of rotatable bonds is 29. The van der Waals surface area contributed by atoms with E-state index in [2.05, 4.69) is 46.5 Å². The Bertz CT molecular complexity index is 2540. The third-order valence-electron chi connectivity index (χ3n) is 11.2. The van der Waals surface area contributed by atoms with Crippen molar-refractivity contribution in [3.8, 4) is 11.5 Å². The Labute approximate surface area is 415 Å². The van der Waals surface area contributed by atoms with Crippen LogP contribution in [0.4, 0.5) is 0 Å². The molecule has 6 amide bonds. The highest BCUT2D eigenvalue weighted by atomic mass is 16.3. The molecule has 0 spiro atoms. The van der Waals surface area contributed by atoms with Crippen molar-refractivity contribution in [3.63, 3.8) is 0 Å². The maximum Gasteiger partial charge on any atom is 0.243 e. The maximum absolute atomic E-state index is 14.6. The van der Waals surface area contributed by atoms with E-state index in [-0.39, 0.29) is 100 Å². The van der Waals surface area contributed by atoms with E-state index >= 15 is 0 Å². The third kappa shape index (κ3) is 19.1. The van der Waals surface area contributed by atoms with Gasteiger partial charge >= 0.3 is 0 Å². The first-order valence-electron chi connectivity index (χ1n) is 23.1. The second-order valence-electron chi connectivity index (χ2n) is 17.0. The molecule has 0 unspecified atom stereocenters. The van der Waals surface area contributed by atoms with E-state index in [1.807, 2.05) is 18.2 Å². The summed E-state index contributed by atoms with van der Waals surface area (Å²) < 4.78 is 0. The number of aliphatic imine (C=N–C) groups is 3. The van der Waals surface area contributed by atoms with Crippen LogP contribution in [0.2, 0.25) is 0 Å². The molecule has 1 heterocycles. The van der Waals surface area contributed by atoms with Gasteiger partial charge in [0, 0.05) is 56.0 Å². The largest absolute Gasteiger partial charge is 0.508 e. The first kappa shape index (κ1) is 56.0. The zero-order chi connectivity index (χ0) is 52.7. The van der Waals surface area contributed by atoms with Gasteiger partial charge in [-0.3, -0.25) is 43.7 Å². The number of guanidine groups is 3. The van der Waals surface area contributed by atoms with Crippen LogP contribution in [0.5, 0.6) is 11.5 Å². The zero-order valence-corrected chi connectivity index (χ0v) is 39.8. The predicted octanol–water partition coefficient (Wildman–Crippen LogP) is -3.00. The van der Waals surface area contributed by atoms with Crippen molar-refractivity contribution < 1.29 is 39.0 Å². The normalized spacial score (nSPS) is 13.4. The average molecular weight is 998 g/mol. The monoisotopic (exact) mass is 998 g/mol. The van der Waals surface area contributed by atoms with Crippen molar-refractivity contribution >= 4 is 64.2 Å². The Hall–Kier alpha value is -8.61. The molecule has 6 atom stereocenters. The van der Waals surface area contributed by atoms with Crippen molar-refractivity contribution in [1.29, 1.82) is 0 Å². The second-order valence-corrected chi connectivity index (χ2v) is 17.0. The van der Waals surface area contributed by atoms with E-state index in [0.717, 1.165) is 10.9 Å². The number of fused-ring (bicyclic) bond motifs is 1. The number of aromatic nitrogens is 1. The lowest BCUT2D eigenvalue weighted by atomic mass is 10.0. The highest BCUT2D eigenvalue weighted by molar-refractivity contribution is 5.97. The Morgan fingerprint density at radius 2 is 0.875 bits per heavy atom. The lowest BCUT2D eigenvalue weighted by Crippen LogP contribution is -2.60. The summed E-state index contributed by atoms with van der Waals surface area (Å²) in [5, 5.41) is 34.0. The number of nitrogens with one attached hydrogen (secondary N) is 6. The van der Waals surface area contributed by atoms with Gasteiger partial charge in [0.25, 0.3) is 0 Å². The summed E-state index contributed by atoms with van der Waals surface area (Å²) in [7, 11) is 0. The van der Waals surface area contributed by atoms with Crippen molar-refractivity contribution in [2.45, 2.75) is 94.0 Å². The van der Waals surface area contributed by atoms with Crippen LogP contribution in [0, 0.1) is 0 Å². The van der Waals surface area contributed by atoms with Crippen LogP contribution in [0.15, 0.2) is 94.0 Å². The van der Waals surface area contributed by atoms with Crippen LogP contribution in [0.25, 0.3) is 10.9 Å². The first-order chi connectivity index (χ1) is 34.3. The minimum atomic E-state index is -1.41. The lowest BCUT2D eigenvalue weighted by molar-refractivity contribution is -0.135. The van der Waals surface area contributed by atoms with E-state index in [9.17, 15) is 39.0 Å². The molecule has 0 bridgehead atoms. The summed E-state index contributed by atoms with van der Waals surface area (Å²) in [5.74, 6) is -5.34. The Morgan fingerprint density at radius 3 is 1.35 bits per heavy atom. The number of carbonyl (C=O) groups excluding carboxylic acids is 6. The number of hydrogen-bond donors (Lipinski definition) is 16. The molecule has 1 aromatic heterocycles. The minimum Gasteiger partial charge on any atom is -0.508 e. The summed E-state index contributed by atoms with van der Waals surface area (Å²) in [6.45, 7) is 0.339. The third-order valence-corrected chi connectivity index (χ3v) is 11.2. The molecule has 0 saturated carbocycles. The molecule has 3 aromatic carbocycles. The van der Waals surface area contributed by atoms with E-state index in [0.29, 0.717) is 23.1 Å². The van der Waals surface area contributed by atoms with E-state index in [1.165, 1.54) is 24.3 Å². The molecule has 388 valence electrons. The van der Waals surface area contributed by atoms with Crippen molar-refractivity contribution in [1.82, 2.24) is 31.6 Å². The highest BCUT2D eigenvalue weighted by Gasteiger charge is 2.33. The molecule has 0 fully saturated rings. The van der Waals surface area contributed by atoms with Gasteiger partial charge < -0.3 is 87.7 Å². The molecular weight excluding hydrogens is 931 g/mol. The first-order valence-corrected chi connectivity index (χ1v) is 23.1. The number of phenolic OH excluding ortho intramolecular Hbond substituents is 2. The molecule has 0 aliphatic heterocycles. The molecule has 24 N–H and O–H groups in total. The average Bonchev–Trinajstić information content (AvgIpc) is 3.74. The standard InChI is InChI=1S/C47H67N17O8/c48-32(7-3-19-56-45(50)51)40(68)63-37(23-27-13-17-30(66)18-14-27)43(71)60-35(10-5-21-58-47(54)55)42(70)64-38(24-28-25-59-33-8-2-1-6-31(28)33)44(72)61-34(9-4-20-57-46(52)53)41(69)62-36(39(49)67)22-26-11-15-29(65)16-12-26/h1-2,6,8,11-18,25,32,34-38,59,65-66H,3-5,7,9-10,19-24,48H2,(H2,49,67)(H,60,71)(H,61,72)(H,62,69)(H,63,68)(H,64,70)(H4,50,51,56)(H4,52,53,57)(H4,54,55,58)/t32-,34-,35-,36-,37-,38-/m0/s1. The number of nitrogens with two attached hydrogens (primary N) is 8. The van der Waals surface area contributed by atoms with Gasteiger partial charge in [-0.05, 0) is 85.5 Å². The predicted molar refractivity (Wildman–Crippen MR) is 272 cm³/mol. The number of amides is 6. The Balaban J connectivity index is 1.67. The van der Waals surface area contributed by atoms with Gasteiger partial charge in [-0.2, -0.15) is 0 Å². The number of primary amides is 1. The molecule has 25 heteroatoms. The van der Waals surface area contributed by atoms with Crippen LogP contribution in [0.1, 0.15) is 55.2 Å². The van der Waals surface area contributed by atoms with Crippen molar-refractivity contribution in [2.24, 2.45) is 60.8 Å². The Morgan fingerprint density at radius 1 is 0.486 bits per heavy atom. The number of para-hydroxylation sites is 1. The van der Waals surface area contributed by atoms with Gasteiger partial charge in [-0.1, -0.05) is 42.5 Å². The van der Waals surface area contributed by atoms with Gasteiger partial charge in [0.2, 0.25) is 35.4 Å². The van der Waals surface area contributed by atoms with Crippen LogP contribution in [-0.2, 0) is 48.0 Å². The van der Waals surface area contributed by atoms with Crippen LogP contribution < -0.4 is 72.5 Å². The van der Waals surface area contributed by atoms with Crippen molar-refractivity contribution in [2.75, 3.05) is 19.6 Å². The smallest absolute Gasteiger partial charge is 0.243 e. The van der Waals surface area contributed by atoms with Gasteiger partial charge in [0.05, 0.1) is 6.04 Å². The fourth-order valence-corrected chi connectivity index (χ4v) is 7.46. The zero-order valence-electron chi connectivity index (χ0n) is 39.8. The van der Waals surface area contributed by atoms with Crippen molar-refractivity contribution in [3.05, 3.63) is 95.7 Å². The maximum atomic E-state index is 14.6. The van der Waals surface area contributed by atoms with Gasteiger partial charge in [-0.15, -0.1) is 0 Å². The summed E-state index contributed by atoms with van der Waals surface area (Å²) in [6, 6.07) is 11.4. The fourth-order valence-electron chi connectivity index (χ4n) is 7.46. The molecular formula is C47H67N17O8. The van der Waals surface area contributed by atoms with Gasteiger partial charge in [-0.25, -0.2) is 0 Å². The van der Waals surface area contributed by atoms with E-state index in [1.54, 1.807) is 36.5 Å². The van der Waals surface area contributed by atoms with Crippen LogP contribution >= 0.6 is 0 Å². The summed E-state index contributed by atoms with van der Waals surface area (Å²) in [5.41, 5.74) is 47.4. The van der Waals surface area contributed by atoms with Crippen LogP contribution in [0.3, 0.4) is 0 Å². The molecule has 4 rings (SSSR count). The number of nitrogens with zero attached hydrogens (tertiary/aromatic N) is 3. The number of carbonyl (C=O) groups is 6.